The number of carbonyl (C=O) groups excluding carboxylic acids is 1. The summed E-state index contributed by atoms with van der Waals surface area (Å²) < 4.78 is 15.8. The van der Waals surface area contributed by atoms with Crippen LogP contribution in [0.25, 0.3) is 0 Å². The first-order chi connectivity index (χ1) is 10.2. The maximum Gasteiger partial charge on any atom is 0.255 e. The van der Waals surface area contributed by atoms with Crippen LogP contribution in [0.2, 0.25) is 0 Å². The molecule has 0 unspecified atom stereocenters. The van der Waals surface area contributed by atoms with Crippen molar-refractivity contribution in [3.05, 3.63) is 17.7 Å². The zero-order valence-corrected chi connectivity index (χ0v) is 14.3. The van der Waals surface area contributed by atoms with Crippen LogP contribution < -0.4 is 24.8 Å². The van der Waals surface area contributed by atoms with Gasteiger partial charge in [0.05, 0.1) is 26.9 Å². The number of nitrogens with one attached hydrogen (secondary N) is 2. The van der Waals surface area contributed by atoms with E-state index >= 15 is 0 Å². The summed E-state index contributed by atoms with van der Waals surface area (Å²) in [6, 6.07) is 3.35. The van der Waals surface area contributed by atoms with E-state index in [0.717, 1.165) is 19.5 Å². The summed E-state index contributed by atoms with van der Waals surface area (Å²) in [7, 11) is 4.55. The summed E-state index contributed by atoms with van der Waals surface area (Å²) in [5, 5.41) is 6.06. The minimum atomic E-state index is -0.203. The van der Waals surface area contributed by atoms with Gasteiger partial charge in [-0.15, -0.1) is 12.4 Å². The number of amides is 1. The number of hydrogen-bond acceptors (Lipinski definition) is 5. The molecule has 0 radical (unpaired) electrons. The molecule has 1 amide bonds. The van der Waals surface area contributed by atoms with Gasteiger partial charge < -0.3 is 24.8 Å². The summed E-state index contributed by atoms with van der Waals surface area (Å²) in [6.45, 7) is 4.32. The Hall–Kier alpha value is -1.66. The molecule has 0 aliphatic carbocycles. The molecule has 1 aromatic carbocycles. The normalized spacial score (nSPS) is 9.64. The van der Waals surface area contributed by atoms with Gasteiger partial charge in [-0.1, -0.05) is 6.92 Å². The molecule has 1 rings (SSSR count). The van der Waals surface area contributed by atoms with Gasteiger partial charge in [-0.25, -0.2) is 0 Å². The van der Waals surface area contributed by atoms with Crippen molar-refractivity contribution in [3.63, 3.8) is 0 Å². The van der Waals surface area contributed by atoms with Crippen molar-refractivity contribution in [2.45, 2.75) is 13.3 Å². The lowest BCUT2D eigenvalue weighted by Crippen LogP contribution is -2.32. The van der Waals surface area contributed by atoms with Gasteiger partial charge in [0.25, 0.3) is 5.91 Å². The van der Waals surface area contributed by atoms with E-state index in [-0.39, 0.29) is 18.3 Å². The summed E-state index contributed by atoms with van der Waals surface area (Å²) >= 11 is 0. The monoisotopic (exact) mass is 332 g/mol. The van der Waals surface area contributed by atoms with Gasteiger partial charge in [-0.05, 0) is 25.1 Å². The molecule has 2 N–H and O–H groups in total. The Labute approximate surface area is 137 Å². The van der Waals surface area contributed by atoms with E-state index in [1.807, 2.05) is 0 Å². The molecule has 0 aliphatic heterocycles. The van der Waals surface area contributed by atoms with Crippen molar-refractivity contribution in [1.29, 1.82) is 0 Å². The predicted molar refractivity (Wildman–Crippen MR) is 88.8 cm³/mol. The van der Waals surface area contributed by atoms with E-state index in [1.54, 1.807) is 12.1 Å². The van der Waals surface area contributed by atoms with Crippen LogP contribution in [0.15, 0.2) is 12.1 Å². The zero-order chi connectivity index (χ0) is 15.7. The van der Waals surface area contributed by atoms with Crippen molar-refractivity contribution in [1.82, 2.24) is 10.6 Å². The highest BCUT2D eigenvalue weighted by Crippen LogP contribution is 2.39. The lowest BCUT2D eigenvalue weighted by Gasteiger charge is -2.15. The summed E-state index contributed by atoms with van der Waals surface area (Å²) in [5.41, 5.74) is 0.422. The summed E-state index contributed by atoms with van der Waals surface area (Å²) in [5.74, 6) is 1.11. The Kier molecular flexibility index (Phi) is 10.2. The molecule has 22 heavy (non-hydrogen) atoms. The molecular weight excluding hydrogens is 308 g/mol. The number of carbonyl (C=O) groups is 1. The first-order valence-corrected chi connectivity index (χ1v) is 6.97. The fraction of sp³-hybridized carbons (Fsp3) is 0.533. The second-order valence-corrected chi connectivity index (χ2v) is 4.39. The van der Waals surface area contributed by atoms with Crippen LogP contribution in [0.4, 0.5) is 0 Å². The first kappa shape index (κ1) is 20.3. The van der Waals surface area contributed by atoms with Crippen LogP contribution >= 0.6 is 12.4 Å². The third kappa shape index (κ3) is 5.27. The highest BCUT2D eigenvalue weighted by molar-refractivity contribution is 5.98. The smallest absolute Gasteiger partial charge is 0.255 e. The Bertz CT molecular complexity index is 469. The van der Waals surface area contributed by atoms with Crippen LogP contribution in [0.5, 0.6) is 17.2 Å². The molecule has 0 fully saturated rings. The molecule has 0 bridgehead atoms. The van der Waals surface area contributed by atoms with E-state index < -0.39 is 0 Å². The van der Waals surface area contributed by atoms with Crippen molar-refractivity contribution < 1.29 is 19.0 Å². The van der Waals surface area contributed by atoms with Crippen LogP contribution in [0, 0.1) is 0 Å². The molecule has 0 aromatic heterocycles. The minimum absolute atomic E-state index is 0. The average molecular weight is 333 g/mol. The van der Waals surface area contributed by atoms with Crippen molar-refractivity contribution in [2.75, 3.05) is 41.0 Å². The van der Waals surface area contributed by atoms with Crippen LogP contribution in [-0.2, 0) is 0 Å². The highest BCUT2D eigenvalue weighted by atomic mass is 35.5. The Morgan fingerprint density at radius 3 is 2.23 bits per heavy atom. The molecule has 0 aliphatic rings. The highest BCUT2D eigenvalue weighted by Gasteiger charge is 2.20. The maximum absolute atomic E-state index is 12.2. The molecule has 0 saturated carbocycles. The van der Waals surface area contributed by atoms with Gasteiger partial charge in [-0.2, -0.15) is 0 Å². The van der Waals surface area contributed by atoms with Gasteiger partial charge in [0.15, 0.2) is 11.5 Å². The molecule has 0 atom stereocenters. The topological polar surface area (TPSA) is 68.8 Å². The SMILES string of the molecule is CCCNCCNC(=O)c1ccc(OC)c(OC)c1OC.Cl. The Morgan fingerprint density at radius 2 is 1.68 bits per heavy atom. The zero-order valence-electron chi connectivity index (χ0n) is 13.5. The first-order valence-electron chi connectivity index (χ1n) is 6.97. The molecule has 1 aromatic rings. The lowest BCUT2D eigenvalue weighted by molar-refractivity contribution is 0.0950. The van der Waals surface area contributed by atoms with E-state index in [2.05, 4.69) is 17.6 Å². The molecule has 0 spiro atoms. The minimum Gasteiger partial charge on any atom is -0.493 e. The van der Waals surface area contributed by atoms with E-state index in [0.29, 0.717) is 29.4 Å². The number of ether oxygens (including phenoxy) is 3. The largest absolute Gasteiger partial charge is 0.493 e. The van der Waals surface area contributed by atoms with E-state index in [4.69, 9.17) is 14.2 Å². The summed E-state index contributed by atoms with van der Waals surface area (Å²) in [6.07, 6.45) is 1.07. The second kappa shape index (κ2) is 11.0. The van der Waals surface area contributed by atoms with Crippen molar-refractivity contribution in [2.24, 2.45) is 0 Å². The molecule has 126 valence electrons. The van der Waals surface area contributed by atoms with Crippen molar-refractivity contribution in [3.8, 4) is 17.2 Å². The van der Waals surface area contributed by atoms with Crippen LogP contribution in [-0.4, -0.2) is 46.9 Å². The van der Waals surface area contributed by atoms with Crippen LogP contribution in [0.1, 0.15) is 23.7 Å². The third-order valence-corrected chi connectivity index (χ3v) is 2.96. The fourth-order valence-electron chi connectivity index (χ4n) is 1.94. The number of benzene rings is 1. The lowest BCUT2D eigenvalue weighted by atomic mass is 10.1. The Balaban J connectivity index is 0.00000441. The van der Waals surface area contributed by atoms with Gasteiger partial charge in [-0.3, -0.25) is 4.79 Å². The van der Waals surface area contributed by atoms with Gasteiger partial charge >= 0.3 is 0 Å². The number of halogens is 1. The third-order valence-electron chi connectivity index (χ3n) is 2.96. The predicted octanol–water partition coefficient (Wildman–Crippen LogP) is 1.86. The van der Waals surface area contributed by atoms with E-state index in [9.17, 15) is 4.79 Å². The molecule has 7 heteroatoms. The number of rotatable bonds is 9. The maximum atomic E-state index is 12.2. The quantitative estimate of drug-likeness (QED) is 0.676. The van der Waals surface area contributed by atoms with Gasteiger partial charge in [0, 0.05) is 13.1 Å². The van der Waals surface area contributed by atoms with Gasteiger partial charge in [0.2, 0.25) is 5.75 Å². The average Bonchev–Trinajstić information content (AvgIpc) is 2.52. The summed E-state index contributed by atoms with van der Waals surface area (Å²) in [4.78, 5) is 12.2. The standard InChI is InChI=1S/C15H24N2O4.ClH/c1-5-8-16-9-10-17-15(18)11-6-7-12(19-2)14(21-4)13(11)20-3;/h6-7,16H,5,8-10H2,1-4H3,(H,17,18);1H. The van der Waals surface area contributed by atoms with E-state index in [1.165, 1.54) is 21.3 Å². The molecule has 6 nitrogen and oxygen atoms in total. The van der Waals surface area contributed by atoms with Gasteiger partial charge in [0.1, 0.15) is 0 Å². The van der Waals surface area contributed by atoms with Crippen molar-refractivity contribution >= 4 is 18.3 Å². The number of hydrogen-bond donors (Lipinski definition) is 2. The second-order valence-electron chi connectivity index (χ2n) is 4.39. The molecule has 0 saturated heterocycles. The fourth-order valence-corrected chi connectivity index (χ4v) is 1.94. The Morgan fingerprint density at radius 1 is 1.00 bits per heavy atom. The van der Waals surface area contributed by atoms with Crippen LogP contribution in [0.3, 0.4) is 0 Å². The molecular formula is C15H25ClN2O4. The molecule has 0 heterocycles. The number of methoxy groups -OCH3 is 3.